The van der Waals surface area contributed by atoms with Gasteiger partial charge in [-0.3, -0.25) is 0 Å². The van der Waals surface area contributed by atoms with Crippen molar-refractivity contribution in [2.75, 3.05) is 19.8 Å². The van der Waals surface area contributed by atoms with E-state index in [2.05, 4.69) is 20.8 Å². The van der Waals surface area contributed by atoms with Gasteiger partial charge in [-0.2, -0.15) is 0 Å². The molecule has 0 saturated carbocycles. The Morgan fingerprint density at radius 2 is 2.05 bits per heavy atom. The van der Waals surface area contributed by atoms with Crippen LogP contribution in [0, 0.1) is 5.41 Å². The molecular formula is C18H27NO3. The second kappa shape index (κ2) is 7.63. The first-order valence-electron chi connectivity index (χ1n) is 8.07. The van der Waals surface area contributed by atoms with Crippen LogP contribution in [0.3, 0.4) is 0 Å². The Labute approximate surface area is 133 Å². The maximum atomic E-state index is 12.4. The van der Waals surface area contributed by atoms with Gasteiger partial charge in [0.25, 0.3) is 0 Å². The van der Waals surface area contributed by atoms with Crippen molar-refractivity contribution in [2.24, 2.45) is 5.41 Å². The molecule has 1 atom stereocenters. The summed E-state index contributed by atoms with van der Waals surface area (Å²) in [6.45, 7) is 8.83. The van der Waals surface area contributed by atoms with Crippen LogP contribution in [0.2, 0.25) is 0 Å². The monoisotopic (exact) mass is 305 g/mol. The molecule has 1 aliphatic rings. The van der Waals surface area contributed by atoms with Crippen molar-refractivity contribution in [3.8, 4) is 0 Å². The molecule has 1 aromatic rings. The summed E-state index contributed by atoms with van der Waals surface area (Å²) >= 11 is 0. The second-order valence-electron chi connectivity index (χ2n) is 6.77. The lowest BCUT2D eigenvalue weighted by Gasteiger charge is -2.24. The number of likely N-dealkylation sites (tertiary alicyclic amines) is 1. The molecule has 2 rings (SSSR count). The summed E-state index contributed by atoms with van der Waals surface area (Å²) in [6, 6.07) is 9.89. The number of amides is 1. The van der Waals surface area contributed by atoms with Crippen LogP contribution in [0.15, 0.2) is 30.3 Å². The van der Waals surface area contributed by atoms with Crippen molar-refractivity contribution < 1.29 is 14.3 Å². The fraction of sp³-hybridized carbons (Fsp3) is 0.611. The Kier molecular flexibility index (Phi) is 5.83. The van der Waals surface area contributed by atoms with Crippen LogP contribution in [0.25, 0.3) is 0 Å². The normalized spacial score (nSPS) is 20.1. The number of hydrogen-bond donors (Lipinski definition) is 0. The van der Waals surface area contributed by atoms with E-state index in [1.807, 2.05) is 35.2 Å². The molecule has 122 valence electrons. The Balaban J connectivity index is 1.90. The van der Waals surface area contributed by atoms with Crippen LogP contribution in [0.4, 0.5) is 4.79 Å². The summed E-state index contributed by atoms with van der Waals surface area (Å²) in [5, 5.41) is 0. The average molecular weight is 305 g/mol. The third-order valence-electron chi connectivity index (χ3n) is 3.93. The predicted octanol–water partition coefficient (Wildman–Crippen LogP) is 3.85. The highest BCUT2D eigenvalue weighted by Gasteiger charge is 2.40. The predicted molar refractivity (Wildman–Crippen MR) is 86.6 cm³/mol. The zero-order valence-electron chi connectivity index (χ0n) is 13.9. The quantitative estimate of drug-likeness (QED) is 0.749. The Hall–Kier alpha value is -1.55. The van der Waals surface area contributed by atoms with Gasteiger partial charge in [0.2, 0.25) is 0 Å². The van der Waals surface area contributed by atoms with Gasteiger partial charge in [0, 0.05) is 13.2 Å². The van der Waals surface area contributed by atoms with Gasteiger partial charge >= 0.3 is 6.09 Å². The molecule has 0 aromatic heterocycles. The van der Waals surface area contributed by atoms with Crippen LogP contribution < -0.4 is 0 Å². The molecule has 4 nitrogen and oxygen atoms in total. The maximum Gasteiger partial charge on any atom is 0.410 e. The lowest BCUT2D eigenvalue weighted by atomic mass is 9.91. The minimum absolute atomic E-state index is 0.116. The highest BCUT2D eigenvalue weighted by Crippen LogP contribution is 2.34. The number of nitrogens with zero attached hydrogens (tertiary/aromatic N) is 1. The number of rotatable bonds is 6. The molecule has 22 heavy (non-hydrogen) atoms. The lowest BCUT2D eigenvalue weighted by Crippen LogP contribution is -2.39. The Morgan fingerprint density at radius 1 is 1.32 bits per heavy atom. The zero-order valence-corrected chi connectivity index (χ0v) is 13.9. The van der Waals surface area contributed by atoms with E-state index in [9.17, 15) is 4.79 Å². The minimum Gasteiger partial charge on any atom is -0.445 e. The fourth-order valence-electron chi connectivity index (χ4n) is 2.93. The van der Waals surface area contributed by atoms with Crippen molar-refractivity contribution in [3.63, 3.8) is 0 Å². The Morgan fingerprint density at radius 3 is 2.73 bits per heavy atom. The first-order chi connectivity index (χ1) is 10.5. The number of hydrogen-bond acceptors (Lipinski definition) is 3. The largest absolute Gasteiger partial charge is 0.445 e. The number of carbonyl (C=O) groups excluding carboxylic acids is 1. The lowest BCUT2D eigenvalue weighted by molar-refractivity contribution is 0.0550. The molecule has 0 bridgehead atoms. The van der Waals surface area contributed by atoms with Crippen molar-refractivity contribution in [3.05, 3.63) is 35.9 Å². The number of benzene rings is 1. The summed E-state index contributed by atoms with van der Waals surface area (Å²) < 4.78 is 11.1. The number of ether oxygens (including phenoxy) is 2. The van der Waals surface area contributed by atoms with Gasteiger partial charge in [-0.15, -0.1) is 0 Å². The van der Waals surface area contributed by atoms with E-state index in [1.54, 1.807) is 0 Å². The molecule has 1 fully saturated rings. The van der Waals surface area contributed by atoms with E-state index in [-0.39, 0.29) is 17.6 Å². The molecular weight excluding hydrogens is 278 g/mol. The molecule has 0 N–H and O–H groups in total. The molecule has 1 heterocycles. The first kappa shape index (κ1) is 16.8. The SMILES string of the molecule is CCCOCC1CC(C)(C)CN1C(=O)OCc1ccccc1. The third kappa shape index (κ3) is 4.73. The van der Waals surface area contributed by atoms with Crippen LogP contribution in [0.5, 0.6) is 0 Å². The average Bonchev–Trinajstić information content (AvgIpc) is 2.81. The molecule has 0 radical (unpaired) electrons. The molecule has 0 aliphatic carbocycles. The van der Waals surface area contributed by atoms with Crippen molar-refractivity contribution in [1.29, 1.82) is 0 Å². The molecule has 1 saturated heterocycles. The van der Waals surface area contributed by atoms with E-state index >= 15 is 0 Å². The summed E-state index contributed by atoms with van der Waals surface area (Å²) in [5.74, 6) is 0. The van der Waals surface area contributed by atoms with E-state index in [4.69, 9.17) is 9.47 Å². The smallest absolute Gasteiger partial charge is 0.410 e. The number of carbonyl (C=O) groups is 1. The van der Waals surface area contributed by atoms with Gasteiger partial charge in [-0.1, -0.05) is 51.1 Å². The van der Waals surface area contributed by atoms with Crippen molar-refractivity contribution >= 4 is 6.09 Å². The molecule has 1 amide bonds. The highest BCUT2D eigenvalue weighted by molar-refractivity contribution is 5.68. The molecule has 1 aliphatic heterocycles. The van der Waals surface area contributed by atoms with E-state index < -0.39 is 0 Å². The minimum atomic E-state index is -0.237. The molecule has 0 spiro atoms. The van der Waals surface area contributed by atoms with Gasteiger partial charge < -0.3 is 14.4 Å². The fourth-order valence-corrected chi connectivity index (χ4v) is 2.93. The third-order valence-corrected chi connectivity index (χ3v) is 3.93. The Bertz CT molecular complexity index is 472. The van der Waals surface area contributed by atoms with Gasteiger partial charge in [0.15, 0.2) is 0 Å². The maximum absolute atomic E-state index is 12.4. The molecule has 1 unspecified atom stereocenters. The van der Waals surface area contributed by atoms with Crippen LogP contribution >= 0.6 is 0 Å². The van der Waals surface area contributed by atoms with E-state index in [0.717, 1.165) is 31.6 Å². The van der Waals surface area contributed by atoms with Crippen LogP contribution in [0.1, 0.15) is 39.2 Å². The summed E-state index contributed by atoms with van der Waals surface area (Å²) in [4.78, 5) is 14.2. The van der Waals surface area contributed by atoms with Gasteiger partial charge in [-0.25, -0.2) is 4.79 Å². The first-order valence-corrected chi connectivity index (χ1v) is 8.07. The van der Waals surface area contributed by atoms with E-state index in [0.29, 0.717) is 13.2 Å². The van der Waals surface area contributed by atoms with Crippen molar-refractivity contribution in [2.45, 2.75) is 46.3 Å². The standard InChI is InChI=1S/C18H27NO3/c1-4-10-21-13-16-11-18(2,3)14-19(16)17(20)22-12-15-8-6-5-7-9-15/h5-9,16H,4,10-14H2,1-3H3. The zero-order chi connectivity index (χ0) is 16.0. The van der Waals surface area contributed by atoms with Gasteiger partial charge in [-0.05, 0) is 23.8 Å². The van der Waals surface area contributed by atoms with Gasteiger partial charge in [0.1, 0.15) is 6.61 Å². The van der Waals surface area contributed by atoms with Crippen LogP contribution in [-0.4, -0.2) is 36.8 Å². The molecule has 1 aromatic carbocycles. The highest BCUT2D eigenvalue weighted by atomic mass is 16.6. The topological polar surface area (TPSA) is 38.8 Å². The summed E-state index contributed by atoms with van der Waals surface area (Å²) in [5.41, 5.74) is 1.12. The van der Waals surface area contributed by atoms with Crippen LogP contribution in [-0.2, 0) is 16.1 Å². The summed E-state index contributed by atoms with van der Waals surface area (Å²) in [7, 11) is 0. The summed E-state index contributed by atoms with van der Waals surface area (Å²) in [6.07, 6.45) is 1.71. The van der Waals surface area contributed by atoms with Gasteiger partial charge in [0.05, 0.1) is 12.6 Å². The molecule has 4 heteroatoms. The van der Waals surface area contributed by atoms with Crippen molar-refractivity contribution in [1.82, 2.24) is 4.90 Å². The second-order valence-corrected chi connectivity index (χ2v) is 6.77. The van der Waals surface area contributed by atoms with E-state index in [1.165, 1.54) is 0 Å².